The topological polar surface area (TPSA) is 17.8 Å². The SMILES string of the molecule is Cc1cn2c(n1)C1C=CC=CC1=C2. The summed E-state index contributed by atoms with van der Waals surface area (Å²) in [6.07, 6.45) is 12.7. The van der Waals surface area contributed by atoms with E-state index < -0.39 is 0 Å². The second kappa shape index (κ2) is 2.22. The Morgan fingerprint density at radius 2 is 2.31 bits per heavy atom. The lowest BCUT2D eigenvalue weighted by Gasteiger charge is -2.07. The van der Waals surface area contributed by atoms with Gasteiger partial charge in [-0.1, -0.05) is 24.3 Å². The van der Waals surface area contributed by atoms with E-state index in [-0.39, 0.29) is 0 Å². The van der Waals surface area contributed by atoms with Gasteiger partial charge >= 0.3 is 0 Å². The third-order valence-corrected chi connectivity index (χ3v) is 2.51. The van der Waals surface area contributed by atoms with Crippen LogP contribution in [0.2, 0.25) is 0 Å². The van der Waals surface area contributed by atoms with Gasteiger partial charge in [0.2, 0.25) is 0 Å². The summed E-state index contributed by atoms with van der Waals surface area (Å²) >= 11 is 0. The molecule has 0 fully saturated rings. The Hall–Kier alpha value is -1.57. The first kappa shape index (κ1) is 6.89. The fourth-order valence-electron chi connectivity index (χ4n) is 1.94. The monoisotopic (exact) mass is 170 g/mol. The fraction of sp³-hybridized carbons (Fsp3) is 0.182. The predicted octanol–water partition coefficient (Wildman–Crippen LogP) is 2.26. The van der Waals surface area contributed by atoms with Crippen molar-refractivity contribution in [2.24, 2.45) is 0 Å². The summed E-state index contributed by atoms with van der Waals surface area (Å²) in [6.45, 7) is 2.03. The number of hydrogen-bond acceptors (Lipinski definition) is 1. The van der Waals surface area contributed by atoms with Crippen molar-refractivity contribution in [3.63, 3.8) is 0 Å². The molecule has 2 nitrogen and oxygen atoms in total. The maximum absolute atomic E-state index is 4.50. The summed E-state index contributed by atoms with van der Waals surface area (Å²) in [4.78, 5) is 4.50. The maximum Gasteiger partial charge on any atom is 0.124 e. The number of aromatic nitrogens is 2. The molecule has 0 N–H and O–H groups in total. The molecule has 1 aliphatic carbocycles. The average molecular weight is 170 g/mol. The van der Waals surface area contributed by atoms with E-state index in [2.05, 4.69) is 46.3 Å². The van der Waals surface area contributed by atoms with E-state index in [9.17, 15) is 0 Å². The first-order valence-electron chi connectivity index (χ1n) is 4.46. The van der Waals surface area contributed by atoms with Gasteiger partial charge in [-0.3, -0.25) is 0 Å². The molecule has 0 radical (unpaired) electrons. The summed E-state index contributed by atoms with van der Waals surface area (Å²) in [6, 6.07) is 0. The lowest BCUT2D eigenvalue weighted by molar-refractivity contribution is 0.915. The molecule has 1 unspecified atom stereocenters. The summed E-state index contributed by atoms with van der Waals surface area (Å²) in [5.41, 5.74) is 2.43. The highest BCUT2D eigenvalue weighted by Crippen LogP contribution is 2.34. The van der Waals surface area contributed by atoms with Crippen molar-refractivity contribution in [1.29, 1.82) is 0 Å². The van der Waals surface area contributed by atoms with Crippen LogP contribution in [0, 0.1) is 6.92 Å². The van der Waals surface area contributed by atoms with Crippen molar-refractivity contribution in [2.45, 2.75) is 12.8 Å². The van der Waals surface area contributed by atoms with Crippen molar-refractivity contribution in [3.05, 3.63) is 47.6 Å². The van der Waals surface area contributed by atoms with Crippen LogP contribution in [0.3, 0.4) is 0 Å². The Bertz CT molecular complexity index is 447. The second-order valence-corrected chi connectivity index (χ2v) is 3.50. The van der Waals surface area contributed by atoms with Gasteiger partial charge in [-0.05, 0) is 12.5 Å². The second-order valence-electron chi connectivity index (χ2n) is 3.50. The molecule has 0 aromatic carbocycles. The van der Waals surface area contributed by atoms with Crippen LogP contribution in [-0.4, -0.2) is 9.55 Å². The quantitative estimate of drug-likeness (QED) is 0.584. The molecule has 0 spiro atoms. The molecule has 1 aliphatic heterocycles. The van der Waals surface area contributed by atoms with E-state index in [1.54, 1.807) is 0 Å². The fourth-order valence-corrected chi connectivity index (χ4v) is 1.94. The molecule has 2 aliphatic rings. The van der Waals surface area contributed by atoms with Gasteiger partial charge < -0.3 is 4.57 Å². The van der Waals surface area contributed by atoms with Gasteiger partial charge in [0.1, 0.15) is 5.82 Å². The highest BCUT2D eigenvalue weighted by Gasteiger charge is 2.24. The minimum absolute atomic E-state index is 0.388. The highest BCUT2D eigenvalue weighted by atomic mass is 15.1. The van der Waals surface area contributed by atoms with Gasteiger partial charge in [-0.15, -0.1) is 0 Å². The van der Waals surface area contributed by atoms with Gasteiger partial charge in [0.15, 0.2) is 0 Å². The van der Waals surface area contributed by atoms with Crippen molar-refractivity contribution in [1.82, 2.24) is 9.55 Å². The summed E-state index contributed by atoms with van der Waals surface area (Å²) in [5, 5.41) is 0. The van der Waals surface area contributed by atoms with E-state index in [0.29, 0.717) is 5.92 Å². The normalized spacial score (nSPS) is 22.8. The molecule has 0 bridgehead atoms. The zero-order chi connectivity index (χ0) is 8.84. The smallest absolute Gasteiger partial charge is 0.124 e. The highest BCUT2D eigenvalue weighted by molar-refractivity contribution is 5.56. The predicted molar refractivity (Wildman–Crippen MR) is 52.3 cm³/mol. The number of rotatable bonds is 0. The van der Waals surface area contributed by atoms with Crippen LogP contribution in [0.15, 0.2) is 36.1 Å². The number of imidazole rings is 1. The molecule has 1 atom stereocenters. The van der Waals surface area contributed by atoms with Gasteiger partial charge in [0.25, 0.3) is 0 Å². The maximum atomic E-state index is 4.50. The van der Waals surface area contributed by atoms with E-state index in [1.165, 1.54) is 5.57 Å². The van der Waals surface area contributed by atoms with Crippen LogP contribution in [0.25, 0.3) is 6.20 Å². The lowest BCUT2D eigenvalue weighted by atomic mass is 9.97. The molecular formula is C11H10N2. The Labute approximate surface area is 76.9 Å². The molecule has 64 valence electrons. The summed E-state index contributed by atoms with van der Waals surface area (Å²) in [5.74, 6) is 1.53. The molecule has 1 aromatic rings. The minimum atomic E-state index is 0.388. The number of nitrogens with zero attached hydrogens (tertiary/aromatic N) is 2. The largest absolute Gasteiger partial charge is 0.309 e. The number of fused-ring (bicyclic) bond motifs is 3. The molecule has 0 saturated carbocycles. The first-order valence-corrected chi connectivity index (χ1v) is 4.46. The molecule has 2 heterocycles. The Balaban J connectivity index is 2.20. The number of aryl methyl sites for hydroxylation is 1. The van der Waals surface area contributed by atoms with Crippen LogP contribution < -0.4 is 0 Å². The third-order valence-electron chi connectivity index (χ3n) is 2.51. The zero-order valence-electron chi connectivity index (χ0n) is 7.44. The molecule has 0 saturated heterocycles. The molecule has 2 heteroatoms. The molecule has 13 heavy (non-hydrogen) atoms. The van der Waals surface area contributed by atoms with Gasteiger partial charge in [0.05, 0.1) is 11.6 Å². The standard InChI is InChI=1S/C11H10N2/c1-8-6-13-7-9-4-2-3-5-10(9)11(13)12-8/h2-7,10H,1H3. The lowest BCUT2D eigenvalue weighted by Crippen LogP contribution is -1.98. The van der Waals surface area contributed by atoms with Crippen molar-refractivity contribution in [3.8, 4) is 0 Å². The Kier molecular flexibility index (Phi) is 1.18. The van der Waals surface area contributed by atoms with Crippen LogP contribution in [0.4, 0.5) is 0 Å². The van der Waals surface area contributed by atoms with Gasteiger partial charge in [0, 0.05) is 12.4 Å². The number of allylic oxidation sites excluding steroid dienone is 5. The van der Waals surface area contributed by atoms with E-state index in [0.717, 1.165) is 11.5 Å². The minimum Gasteiger partial charge on any atom is -0.309 e. The molecule has 3 rings (SSSR count). The third kappa shape index (κ3) is 0.856. The van der Waals surface area contributed by atoms with Crippen molar-refractivity contribution in [2.75, 3.05) is 0 Å². The van der Waals surface area contributed by atoms with Crippen LogP contribution in [0.5, 0.6) is 0 Å². The van der Waals surface area contributed by atoms with Gasteiger partial charge in [-0.25, -0.2) is 4.98 Å². The van der Waals surface area contributed by atoms with Crippen molar-refractivity contribution >= 4 is 6.20 Å². The van der Waals surface area contributed by atoms with Crippen LogP contribution >= 0.6 is 0 Å². The average Bonchev–Trinajstić information content (AvgIpc) is 2.60. The first-order chi connectivity index (χ1) is 6.34. The van der Waals surface area contributed by atoms with Gasteiger partial charge in [-0.2, -0.15) is 0 Å². The van der Waals surface area contributed by atoms with Crippen LogP contribution in [0.1, 0.15) is 17.4 Å². The van der Waals surface area contributed by atoms with Crippen LogP contribution in [-0.2, 0) is 0 Å². The molecule has 0 amide bonds. The summed E-state index contributed by atoms with van der Waals surface area (Å²) in [7, 11) is 0. The van der Waals surface area contributed by atoms with E-state index in [1.807, 2.05) is 6.92 Å². The Morgan fingerprint density at radius 3 is 3.23 bits per heavy atom. The van der Waals surface area contributed by atoms with Crippen molar-refractivity contribution < 1.29 is 0 Å². The van der Waals surface area contributed by atoms with E-state index in [4.69, 9.17) is 0 Å². The Morgan fingerprint density at radius 1 is 1.38 bits per heavy atom. The molecular weight excluding hydrogens is 160 g/mol. The number of hydrogen-bond donors (Lipinski definition) is 0. The zero-order valence-corrected chi connectivity index (χ0v) is 7.44. The van der Waals surface area contributed by atoms with E-state index >= 15 is 0 Å². The summed E-state index contributed by atoms with van der Waals surface area (Å²) < 4.78 is 2.12. The molecule has 1 aromatic heterocycles.